The van der Waals surface area contributed by atoms with Crippen LogP contribution in [0, 0.1) is 0 Å². The van der Waals surface area contributed by atoms with E-state index in [0.717, 1.165) is 27.6 Å². The van der Waals surface area contributed by atoms with Gasteiger partial charge in [0.25, 0.3) is 5.91 Å². The minimum atomic E-state index is -4.75. The van der Waals surface area contributed by atoms with Gasteiger partial charge >= 0.3 is 6.18 Å². The Morgan fingerprint density at radius 1 is 1.02 bits per heavy atom. The van der Waals surface area contributed by atoms with Crippen LogP contribution < -0.4 is 10.1 Å². The second kappa shape index (κ2) is 10.9. The van der Waals surface area contributed by atoms with Gasteiger partial charge in [0, 0.05) is 12.1 Å². The number of hydrogen-bond acceptors (Lipinski definition) is 4. The average Bonchev–Trinajstić information content (AvgIpc) is 3.52. The van der Waals surface area contributed by atoms with Crippen LogP contribution in [0.3, 0.4) is 0 Å². The van der Waals surface area contributed by atoms with E-state index < -0.39 is 35.0 Å². The fourth-order valence-corrected chi connectivity index (χ4v) is 5.33. The number of methoxy groups -OCH3 is 1. The second-order valence-corrected chi connectivity index (χ2v) is 12.4. The highest BCUT2D eigenvalue weighted by atomic mass is 19.4. The molecule has 1 aliphatic heterocycles. The molecule has 2 unspecified atom stereocenters. The molecule has 0 radical (unpaired) electrons. The average molecular weight is 557 g/mol. The number of halogens is 3. The summed E-state index contributed by atoms with van der Waals surface area (Å²) in [4.78, 5) is 15.6. The van der Waals surface area contributed by atoms with Crippen molar-refractivity contribution >= 4 is 5.91 Å². The Balaban J connectivity index is 1.73. The van der Waals surface area contributed by atoms with E-state index in [4.69, 9.17) is 4.74 Å². The summed E-state index contributed by atoms with van der Waals surface area (Å²) in [5.41, 5.74) is 0.434. The summed E-state index contributed by atoms with van der Waals surface area (Å²) in [6.07, 6.45) is -2.98. The van der Waals surface area contributed by atoms with Crippen molar-refractivity contribution in [1.82, 2.24) is 20.0 Å². The van der Waals surface area contributed by atoms with Crippen LogP contribution in [-0.4, -0.2) is 33.9 Å². The largest absolute Gasteiger partial charge is 0.496 e. The Labute approximate surface area is 234 Å². The van der Waals surface area contributed by atoms with Gasteiger partial charge in [-0.25, -0.2) is 0 Å². The van der Waals surface area contributed by atoms with E-state index in [1.807, 2.05) is 42.5 Å². The van der Waals surface area contributed by atoms with Crippen molar-refractivity contribution < 1.29 is 22.7 Å². The molecular weight excluding hydrogens is 517 g/mol. The van der Waals surface area contributed by atoms with Crippen LogP contribution in [0.25, 0.3) is 0 Å². The molecule has 4 rings (SSSR count). The van der Waals surface area contributed by atoms with Crippen molar-refractivity contribution in [1.29, 1.82) is 0 Å². The number of rotatable bonds is 6. The molecule has 2 heterocycles. The molecule has 6 nitrogen and oxygen atoms in total. The Morgan fingerprint density at radius 3 is 2.27 bits per heavy atom. The fourth-order valence-electron chi connectivity index (χ4n) is 5.33. The molecule has 3 aromatic rings. The van der Waals surface area contributed by atoms with Gasteiger partial charge in [-0.3, -0.25) is 14.8 Å². The molecular formula is C31H39F3N4O2. The third kappa shape index (κ3) is 6.04. The van der Waals surface area contributed by atoms with Gasteiger partial charge in [0.1, 0.15) is 5.75 Å². The summed E-state index contributed by atoms with van der Waals surface area (Å²) in [6.45, 7) is 11.7. The zero-order valence-corrected chi connectivity index (χ0v) is 24.3. The van der Waals surface area contributed by atoms with Crippen LogP contribution in [0.4, 0.5) is 13.2 Å². The zero-order valence-electron chi connectivity index (χ0n) is 24.3. The number of amides is 1. The number of carbonyl (C=O) groups is 1. The number of nitrogens with zero attached hydrogens (tertiary/aromatic N) is 3. The van der Waals surface area contributed by atoms with Crippen LogP contribution in [0.2, 0.25) is 0 Å². The van der Waals surface area contributed by atoms with E-state index in [1.54, 1.807) is 32.8 Å². The molecule has 0 bridgehead atoms. The maximum atomic E-state index is 14.4. The topological polar surface area (TPSA) is 59.4 Å². The first kappa shape index (κ1) is 29.6. The summed E-state index contributed by atoms with van der Waals surface area (Å²) in [5, 5.41) is 7.49. The monoisotopic (exact) mass is 556 g/mol. The third-order valence-corrected chi connectivity index (χ3v) is 7.38. The Morgan fingerprint density at radius 2 is 1.70 bits per heavy atom. The first-order valence-corrected chi connectivity index (χ1v) is 13.6. The third-order valence-electron chi connectivity index (χ3n) is 7.38. The van der Waals surface area contributed by atoms with Crippen molar-refractivity contribution in [3.63, 3.8) is 0 Å². The smallest absolute Gasteiger partial charge is 0.433 e. The maximum absolute atomic E-state index is 14.4. The van der Waals surface area contributed by atoms with Gasteiger partial charge in [-0.2, -0.15) is 18.3 Å². The van der Waals surface area contributed by atoms with Crippen LogP contribution in [0.5, 0.6) is 5.75 Å². The number of likely N-dealkylation sites (tertiary alicyclic amines) is 1. The molecule has 0 aliphatic carbocycles. The first-order valence-electron chi connectivity index (χ1n) is 13.6. The van der Waals surface area contributed by atoms with Crippen molar-refractivity contribution in [2.24, 2.45) is 0 Å². The molecule has 2 atom stereocenters. The van der Waals surface area contributed by atoms with Gasteiger partial charge < -0.3 is 9.64 Å². The normalized spacial score (nSPS) is 18.3. The Hall–Kier alpha value is -3.33. The number of nitrogens with one attached hydrogen (secondary N) is 1. The number of alkyl halides is 3. The Kier molecular flexibility index (Phi) is 8.09. The molecule has 1 aromatic heterocycles. The van der Waals surface area contributed by atoms with Crippen molar-refractivity contribution in [2.75, 3.05) is 7.11 Å². The van der Waals surface area contributed by atoms with Gasteiger partial charge in [0.05, 0.1) is 36.6 Å². The second-order valence-electron chi connectivity index (χ2n) is 12.4. The molecule has 1 N–H and O–H groups in total. The zero-order chi connectivity index (χ0) is 29.5. The van der Waals surface area contributed by atoms with Crippen LogP contribution in [-0.2, 0) is 23.7 Å². The molecule has 0 saturated carbocycles. The SMILES string of the molecule is COc1ccc(C(C)(C)C)cc1CNC1CCC(c2ccccc2)N1C(=O)c1cnn(C(C)(C)C)c1C(F)(F)F. The number of hydrogen-bond donors (Lipinski definition) is 1. The van der Waals surface area contributed by atoms with E-state index in [-0.39, 0.29) is 11.5 Å². The summed E-state index contributed by atoms with van der Waals surface area (Å²) in [7, 11) is 1.61. The van der Waals surface area contributed by atoms with Gasteiger partial charge in [-0.15, -0.1) is 0 Å². The highest BCUT2D eigenvalue weighted by Gasteiger charge is 2.46. The van der Waals surface area contributed by atoms with Gasteiger partial charge in [-0.1, -0.05) is 63.2 Å². The highest BCUT2D eigenvalue weighted by Crippen LogP contribution is 2.40. The van der Waals surface area contributed by atoms with E-state index in [9.17, 15) is 18.0 Å². The van der Waals surface area contributed by atoms with Crippen molar-refractivity contribution in [3.8, 4) is 5.75 Å². The number of carbonyl (C=O) groups excluding carboxylic acids is 1. The summed E-state index contributed by atoms with van der Waals surface area (Å²) >= 11 is 0. The highest BCUT2D eigenvalue weighted by molar-refractivity contribution is 5.96. The van der Waals surface area contributed by atoms with Gasteiger partial charge in [0.15, 0.2) is 5.69 Å². The summed E-state index contributed by atoms with van der Waals surface area (Å²) in [5.74, 6) is 0.0175. The lowest BCUT2D eigenvalue weighted by Crippen LogP contribution is -2.46. The molecule has 1 amide bonds. The fraction of sp³-hybridized carbons (Fsp3) is 0.484. The quantitative estimate of drug-likeness (QED) is 0.353. The van der Waals surface area contributed by atoms with E-state index in [2.05, 4.69) is 37.3 Å². The predicted molar refractivity (Wildman–Crippen MR) is 149 cm³/mol. The summed E-state index contributed by atoms with van der Waals surface area (Å²) in [6, 6.07) is 15.1. The van der Waals surface area contributed by atoms with Crippen LogP contribution in [0.15, 0.2) is 54.7 Å². The molecule has 0 spiro atoms. The molecule has 1 aliphatic rings. The Bertz CT molecular complexity index is 1340. The molecule has 1 saturated heterocycles. The lowest BCUT2D eigenvalue weighted by atomic mass is 9.86. The molecule has 9 heteroatoms. The number of benzene rings is 2. The standard InChI is InChI=1S/C31H39F3N4O2/c1-29(2,3)22-13-15-25(40-7)21(17-22)18-35-26-16-14-24(20-11-9-8-10-12-20)37(26)28(39)23-19-36-38(30(4,5)6)27(23)31(32,33)34/h8-13,15,17,19,24,26,35H,14,16,18H2,1-7H3. The van der Waals surface area contributed by atoms with E-state index in [1.165, 1.54) is 0 Å². The molecule has 216 valence electrons. The molecule has 40 heavy (non-hydrogen) atoms. The lowest BCUT2D eigenvalue weighted by molar-refractivity contribution is -0.146. The molecule has 1 fully saturated rings. The first-order chi connectivity index (χ1) is 18.6. The minimum Gasteiger partial charge on any atom is -0.496 e. The minimum absolute atomic E-state index is 0.0734. The predicted octanol–water partition coefficient (Wildman–Crippen LogP) is 7.06. The van der Waals surface area contributed by atoms with Gasteiger partial charge in [0.2, 0.25) is 0 Å². The summed E-state index contributed by atoms with van der Waals surface area (Å²) < 4.78 is 49.6. The van der Waals surface area contributed by atoms with E-state index in [0.29, 0.717) is 25.1 Å². The van der Waals surface area contributed by atoms with Gasteiger partial charge in [-0.05, 0) is 56.2 Å². The number of ether oxygens (including phenoxy) is 1. The van der Waals surface area contributed by atoms with Crippen molar-refractivity contribution in [3.05, 3.63) is 82.7 Å². The van der Waals surface area contributed by atoms with Crippen molar-refractivity contribution in [2.45, 2.75) is 90.3 Å². The lowest BCUT2D eigenvalue weighted by Gasteiger charge is -2.32. The van der Waals surface area contributed by atoms with Crippen LogP contribution >= 0.6 is 0 Å². The number of aromatic nitrogens is 2. The molecule has 2 aromatic carbocycles. The van der Waals surface area contributed by atoms with E-state index >= 15 is 0 Å². The van der Waals surface area contributed by atoms with Crippen LogP contribution in [0.1, 0.15) is 93.2 Å². The maximum Gasteiger partial charge on any atom is 0.433 e.